The van der Waals surface area contributed by atoms with Gasteiger partial charge < -0.3 is 15.0 Å². The lowest BCUT2D eigenvalue weighted by molar-refractivity contribution is 0.103. The summed E-state index contributed by atoms with van der Waals surface area (Å²) < 4.78 is 18.9. The van der Waals surface area contributed by atoms with Crippen LogP contribution in [0.2, 0.25) is 0 Å². The minimum absolute atomic E-state index is 0.202. The van der Waals surface area contributed by atoms with E-state index in [0.717, 1.165) is 67.2 Å². The highest BCUT2D eigenvalue weighted by molar-refractivity contribution is 5.81. The van der Waals surface area contributed by atoms with Gasteiger partial charge in [-0.15, -0.1) is 0 Å². The Kier molecular flexibility index (Phi) is 5.67. The van der Waals surface area contributed by atoms with Gasteiger partial charge in [-0.1, -0.05) is 0 Å². The quantitative estimate of drug-likeness (QED) is 0.700. The van der Waals surface area contributed by atoms with Crippen molar-refractivity contribution in [2.75, 3.05) is 31.5 Å². The molecule has 0 atom stereocenters. The van der Waals surface area contributed by atoms with Gasteiger partial charge in [0.1, 0.15) is 23.5 Å². The van der Waals surface area contributed by atoms with Crippen LogP contribution in [-0.2, 0) is 0 Å². The maximum atomic E-state index is 13.0. The molecule has 4 rings (SSSR count). The van der Waals surface area contributed by atoms with E-state index in [1.807, 2.05) is 19.1 Å². The van der Waals surface area contributed by atoms with Gasteiger partial charge >= 0.3 is 0 Å². The Morgan fingerprint density at radius 3 is 2.68 bits per heavy atom. The number of hydrogen-bond donors (Lipinski definition) is 1. The number of fused-ring (bicyclic) bond motifs is 1. The SMILES string of the molecule is Cc1nccc2nc(NCCN3CCC(Oc4ccc(F)cc4)CC3)ccc12. The third kappa shape index (κ3) is 4.57. The predicted molar refractivity (Wildman–Crippen MR) is 109 cm³/mol. The zero-order chi connectivity index (χ0) is 19.3. The molecular formula is C22H25FN4O. The zero-order valence-electron chi connectivity index (χ0n) is 16.1. The number of halogens is 1. The molecule has 0 spiro atoms. The monoisotopic (exact) mass is 380 g/mol. The topological polar surface area (TPSA) is 50.3 Å². The first-order valence-electron chi connectivity index (χ1n) is 9.78. The van der Waals surface area contributed by atoms with Crippen molar-refractivity contribution in [2.24, 2.45) is 0 Å². The van der Waals surface area contributed by atoms with Crippen LogP contribution in [-0.4, -0.2) is 47.2 Å². The number of anilines is 1. The summed E-state index contributed by atoms with van der Waals surface area (Å²) in [5, 5.41) is 4.51. The Morgan fingerprint density at radius 1 is 1.11 bits per heavy atom. The van der Waals surface area contributed by atoms with Gasteiger partial charge in [0.2, 0.25) is 0 Å². The van der Waals surface area contributed by atoms with Crippen LogP contribution in [0.3, 0.4) is 0 Å². The molecule has 0 unspecified atom stereocenters. The van der Waals surface area contributed by atoms with Crippen LogP contribution < -0.4 is 10.1 Å². The maximum absolute atomic E-state index is 13.0. The molecule has 146 valence electrons. The molecule has 0 bridgehead atoms. The van der Waals surface area contributed by atoms with Crippen molar-refractivity contribution in [3.05, 3.63) is 60.2 Å². The van der Waals surface area contributed by atoms with Crippen LogP contribution in [0.25, 0.3) is 10.9 Å². The number of aryl methyl sites for hydroxylation is 1. The minimum atomic E-state index is -0.234. The van der Waals surface area contributed by atoms with Gasteiger partial charge in [0.15, 0.2) is 0 Å². The molecule has 0 amide bonds. The van der Waals surface area contributed by atoms with Crippen molar-refractivity contribution in [1.29, 1.82) is 0 Å². The highest BCUT2D eigenvalue weighted by Crippen LogP contribution is 2.20. The Balaban J connectivity index is 1.22. The van der Waals surface area contributed by atoms with Gasteiger partial charge in [0, 0.05) is 43.5 Å². The number of benzene rings is 1. The Hall–Kier alpha value is -2.73. The van der Waals surface area contributed by atoms with E-state index in [1.165, 1.54) is 12.1 Å². The first kappa shape index (κ1) is 18.6. The number of piperidine rings is 1. The minimum Gasteiger partial charge on any atom is -0.490 e. The largest absolute Gasteiger partial charge is 0.490 e. The number of aromatic nitrogens is 2. The van der Waals surface area contributed by atoms with Crippen molar-refractivity contribution in [1.82, 2.24) is 14.9 Å². The maximum Gasteiger partial charge on any atom is 0.126 e. The summed E-state index contributed by atoms with van der Waals surface area (Å²) in [6, 6.07) is 12.3. The number of hydrogen-bond acceptors (Lipinski definition) is 5. The summed E-state index contributed by atoms with van der Waals surface area (Å²) in [5.41, 5.74) is 1.97. The molecule has 0 saturated carbocycles. The van der Waals surface area contributed by atoms with Gasteiger partial charge in [-0.2, -0.15) is 0 Å². The molecule has 1 fully saturated rings. The number of rotatable bonds is 6. The van der Waals surface area contributed by atoms with Crippen LogP contribution in [0.1, 0.15) is 18.5 Å². The van der Waals surface area contributed by atoms with E-state index in [-0.39, 0.29) is 11.9 Å². The second kappa shape index (κ2) is 8.52. The van der Waals surface area contributed by atoms with E-state index < -0.39 is 0 Å². The lowest BCUT2D eigenvalue weighted by Crippen LogP contribution is -2.40. The van der Waals surface area contributed by atoms with E-state index in [1.54, 1.807) is 18.3 Å². The summed E-state index contributed by atoms with van der Waals surface area (Å²) in [6.07, 6.45) is 3.97. The number of nitrogens with one attached hydrogen (secondary N) is 1. The molecule has 0 radical (unpaired) electrons. The molecule has 3 aromatic rings. The van der Waals surface area contributed by atoms with Crippen LogP contribution >= 0.6 is 0 Å². The summed E-state index contributed by atoms with van der Waals surface area (Å²) in [7, 11) is 0. The molecule has 1 N–H and O–H groups in total. The number of ether oxygens (including phenoxy) is 1. The average Bonchev–Trinajstić information content (AvgIpc) is 2.71. The molecule has 2 aromatic heterocycles. The smallest absolute Gasteiger partial charge is 0.126 e. The fourth-order valence-corrected chi connectivity index (χ4v) is 3.59. The molecule has 5 nitrogen and oxygen atoms in total. The molecule has 0 aliphatic carbocycles. The van der Waals surface area contributed by atoms with Crippen molar-refractivity contribution in [3.8, 4) is 5.75 Å². The van der Waals surface area contributed by atoms with Crippen LogP contribution in [0, 0.1) is 12.7 Å². The van der Waals surface area contributed by atoms with Crippen molar-refractivity contribution in [2.45, 2.75) is 25.9 Å². The third-order valence-corrected chi connectivity index (χ3v) is 5.20. The molecular weight excluding hydrogens is 355 g/mol. The highest BCUT2D eigenvalue weighted by atomic mass is 19.1. The van der Waals surface area contributed by atoms with Crippen molar-refractivity contribution >= 4 is 16.7 Å². The highest BCUT2D eigenvalue weighted by Gasteiger charge is 2.20. The normalized spacial score (nSPS) is 15.6. The molecule has 1 aliphatic heterocycles. The summed E-state index contributed by atoms with van der Waals surface area (Å²) in [6.45, 7) is 5.83. The van der Waals surface area contributed by atoms with Crippen LogP contribution in [0.4, 0.5) is 10.2 Å². The number of likely N-dealkylation sites (tertiary alicyclic amines) is 1. The second-order valence-corrected chi connectivity index (χ2v) is 7.20. The van der Waals surface area contributed by atoms with Gasteiger partial charge in [0.25, 0.3) is 0 Å². The van der Waals surface area contributed by atoms with Crippen LogP contribution in [0.15, 0.2) is 48.7 Å². The molecule has 28 heavy (non-hydrogen) atoms. The molecule has 1 aliphatic rings. The number of pyridine rings is 2. The molecule has 3 heterocycles. The Morgan fingerprint density at radius 2 is 1.89 bits per heavy atom. The van der Waals surface area contributed by atoms with Crippen LogP contribution in [0.5, 0.6) is 5.75 Å². The van der Waals surface area contributed by atoms with Crippen molar-refractivity contribution in [3.63, 3.8) is 0 Å². The Bertz CT molecular complexity index is 923. The van der Waals surface area contributed by atoms with E-state index >= 15 is 0 Å². The second-order valence-electron chi connectivity index (χ2n) is 7.20. The van der Waals surface area contributed by atoms with Gasteiger partial charge in [-0.05, 0) is 62.2 Å². The summed E-state index contributed by atoms with van der Waals surface area (Å²) >= 11 is 0. The fraction of sp³-hybridized carbons (Fsp3) is 0.364. The molecule has 1 saturated heterocycles. The molecule has 1 aromatic carbocycles. The summed E-state index contributed by atoms with van der Waals surface area (Å²) in [5.74, 6) is 1.41. The first-order valence-corrected chi connectivity index (χ1v) is 9.78. The summed E-state index contributed by atoms with van der Waals surface area (Å²) in [4.78, 5) is 11.4. The van der Waals surface area contributed by atoms with E-state index in [4.69, 9.17) is 4.74 Å². The lowest BCUT2D eigenvalue weighted by Gasteiger charge is -2.32. The third-order valence-electron chi connectivity index (χ3n) is 5.20. The number of nitrogens with zero attached hydrogens (tertiary/aromatic N) is 3. The average molecular weight is 380 g/mol. The molecule has 6 heteroatoms. The zero-order valence-corrected chi connectivity index (χ0v) is 16.1. The standard InChI is InChI=1S/C22H25FN4O/c1-16-20-6-7-22(26-21(20)8-11-24-16)25-12-15-27-13-9-19(10-14-27)28-18-4-2-17(23)3-5-18/h2-8,11,19H,9-10,12-15H2,1H3,(H,25,26). The van der Waals surface area contributed by atoms with E-state index in [9.17, 15) is 4.39 Å². The fourth-order valence-electron chi connectivity index (χ4n) is 3.59. The predicted octanol–water partition coefficient (Wildman–Crippen LogP) is 4.03. The van der Waals surface area contributed by atoms with Gasteiger partial charge in [-0.3, -0.25) is 4.98 Å². The van der Waals surface area contributed by atoms with E-state index in [2.05, 4.69) is 26.3 Å². The Labute approximate surface area is 164 Å². The first-order chi connectivity index (χ1) is 13.7. The lowest BCUT2D eigenvalue weighted by atomic mass is 10.1. The van der Waals surface area contributed by atoms with Crippen molar-refractivity contribution < 1.29 is 9.13 Å². The van der Waals surface area contributed by atoms with Gasteiger partial charge in [-0.25, -0.2) is 9.37 Å². The van der Waals surface area contributed by atoms with E-state index in [0.29, 0.717) is 0 Å². The van der Waals surface area contributed by atoms with Gasteiger partial charge in [0.05, 0.1) is 5.52 Å².